The lowest BCUT2D eigenvalue weighted by Crippen LogP contribution is -2.41. The van der Waals surface area contributed by atoms with Gasteiger partial charge < -0.3 is 14.4 Å². The molecule has 1 unspecified atom stereocenters. The summed E-state index contributed by atoms with van der Waals surface area (Å²) in [6.45, 7) is 6.75. The van der Waals surface area contributed by atoms with Crippen LogP contribution in [0.4, 0.5) is 0 Å². The maximum absolute atomic E-state index is 12.1. The van der Waals surface area contributed by atoms with E-state index in [-0.39, 0.29) is 30.6 Å². The van der Waals surface area contributed by atoms with Crippen LogP contribution in [0.25, 0.3) is 0 Å². The maximum atomic E-state index is 12.1. The molecule has 1 rings (SSSR count). The van der Waals surface area contributed by atoms with Crippen LogP contribution >= 0.6 is 0 Å². The molecule has 1 atom stereocenters. The highest BCUT2D eigenvalue weighted by molar-refractivity contribution is 5.82. The third-order valence-corrected chi connectivity index (χ3v) is 3.25. The molecule has 5 heteroatoms. The van der Waals surface area contributed by atoms with Crippen LogP contribution in [0.5, 0.6) is 0 Å². The normalized spacial score (nSPS) is 18.6. The summed E-state index contributed by atoms with van der Waals surface area (Å²) >= 11 is 0. The first-order valence-corrected chi connectivity index (χ1v) is 7.11. The zero-order chi connectivity index (χ0) is 14.3. The van der Waals surface area contributed by atoms with Crippen molar-refractivity contribution in [2.45, 2.75) is 58.6 Å². The largest absolute Gasteiger partial charge is 0.465 e. The molecule has 5 nitrogen and oxygen atoms in total. The maximum Gasteiger partial charge on any atom is 0.325 e. The van der Waals surface area contributed by atoms with Crippen LogP contribution < -0.4 is 0 Å². The predicted octanol–water partition coefficient (Wildman–Crippen LogP) is 1.75. The summed E-state index contributed by atoms with van der Waals surface area (Å²) in [6.07, 6.45) is 3.50. The van der Waals surface area contributed by atoms with Gasteiger partial charge in [-0.25, -0.2) is 0 Å². The van der Waals surface area contributed by atoms with Gasteiger partial charge in [-0.2, -0.15) is 0 Å². The Bertz CT molecular complexity index is 298. The van der Waals surface area contributed by atoms with E-state index in [0.29, 0.717) is 13.0 Å². The topological polar surface area (TPSA) is 55.8 Å². The Morgan fingerprint density at radius 3 is 2.68 bits per heavy atom. The second-order valence-electron chi connectivity index (χ2n) is 5.09. The summed E-state index contributed by atoms with van der Waals surface area (Å²) in [7, 11) is 0. The summed E-state index contributed by atoms with van der Waals surface area (Å²) in [6, 6.07) is 0.00130. The van der Waals surface area contributed by atoms with Gasteiger partial charge in [-0.3, -0.25) is 9.59 Å². The van der Waals surface area contributed by atoms with E-state index in [4.69, 9.17) is 9.47 Å². The lowest BCUT2D eigenvalue weighted by Gasteiger charge is -2.26. The molecule has 0 N–H and O–H groups in total. The van der Waals surface area contributed by atoms with Crippen molar-refractivity contribution in [3.8, 4) is 0 Å². The quantitative estimate of drug-likeness (QED) is 0.662. The minimum Gasteiger partial charge on any atom is -0.465 e. The minimum atomic E-state index is -0.346. The highest BCUT2D eigenvalue weighted by Gasteiger charge is 2.23. The van der Waals surface area contributed by atoms with Crippen LogP contribution in [0.15, 0.2) is 0 Å². The van der Waals surface area contributed by atoms with Crippen LogP contribution in [0, 0.1) is 0 Å². The lowest BCUT2D eigenvalue weighted by molar-refractivity contribution is -0.150. The molecular weight excluding hydrogens is 246 g/mol. The zero-order valence-corrected chi connectivity index (χ0v) is 12.2. The second-order valence-corrected chi connectivity index (χ2v) is 5.09. The Labute approximate surface area is 115 Å². The number of amides is 1. The molecule has 1 heterocycles. The van der Waals surface area contributed by atoms with Crippen LogP contribution in [0.2, 0.25) is 0 Å². The van der Waals surface area contributed by atoms with Crippen LogP contribution in [-0.4, -0.2) is 48.7 Å². The van der Waals surface area contributed by atoms with E-state index in [9.17, 15) is 9.59 Å². The van der Waals surface area contributed by atoms with Crippen molar-refractivity contribution in [3.63, 3.8) is 0 Å². The molecule has 0 aromatic heterocycles. The van der Waals surface area contributed by atoms with Crippen molar-refractivity contribution in [2.24, 2.45) is 0 Å². The molecule has 0 saturated carbocycles. The fourth-order valence-corrected chi connectivity index (χ4v) is 2.20. The van der Waals surface area contributed by atoms with Gasteiger partial charge >= 0.3 is 5.97 Å². The van der Waals surface area contributed by atoms with Crippen LogP contribution in [0.3, 0.4) is 0 Å². The fourth-order valence-electron chi connectivity index (χ4n) is 2.20. The van der Waals surface area contributed by atoms with E-state index in [2.05, 4.69) is 0 Å². The molecule has 1 saturated heterocycles. The fraction of sp³-hybridized carbons (Fsp3) is 0.857. The number of carbonyl (C=O) groups excluding carboxylic acids is 2. The van der Waals surface area contributed by atoms with E-state index >= 15 is 0 Å². The van der Waals surface area contributed by atoms with Gasteiger partial charge in [-0.05, 0) is 40.0 Å². The number of nitrogens with zero attached hydrogens (tertiary/aromatic N) is 1. The molecule has 0 spiro atoms. The Morgan fingerprint density at radius 2 is 2.16 bits per heavy atom. The first-order chi connectivity index (χ1) is 9.04. The first-order valence-electron chi connectivity index (χ1n) is 7.11. The Hall–Kier alpha value is -1.10. The van der Waals surface area contributed by atoms with Crippen molar-refractivity contribution in [3.05, 3.63) is 0 Å². The van der Waals surface area contributed by atoms with Gasteiger partial charge in [0.25, 0.3) is 0 Å². The zero-order valence-electron chi connectivity index (χ0n) is 12.2. The minimum absolute atomic E-state index is 0.00130. The Balaban J connectivity index is 2.40. The monoisotopic (exact) mass is 271 g/mol. The number of rotatable bonds is 7. The summed E-state index contributed by atoms with van der Waals surface area (Å²) in [5.74, 6) is -0.347. The molecule has 0 aromatic carbocycles. The van der Waals surface area contributed by atoms with Crippen molar-refractivity contribution in [1.29, 1.82) is 0 Å². The van der Waals surface area contributed by atoms with Gasteiger partial charge in [0.15, 0.2) is 0 Å². The van der Waals surface area contributed by atoms with Crippen molar-refractivity contribution in [2.75, 3.05) is 19.8 Å². The number of hydrogen-bond donors (Lipinski definition) is 0. The molecule has 0 radical (unpaired) electrons. The lowest BCUT2D eigenvalue weighted by atomic mass is 10.1. The highest BCUT2D eigenvalue weighted by Crippen LogP contribution is 2.17. The van der Waals surface area contributed by atoms with E-state index in [1.807, 2.05) is 13.8 Å². The second kappa shape index (κ2) is 8.15. The Morgan fingerprint density at radius 1 is 1.42 bits per heavy atom. The average molecular weight is 271 g/mol. The SMILES string of the molecule is CCOC(=O)CN(C(=O)CCC1CCCO1)C(C)C. The molecule has 110 valence electrons. The molecule has 0 aliphatic carbocycles. The molecule has 19 heavy (non-hydrogen) atoms. The number of carbonyl (C=O) groups is 2. The predicted molar refractivity (Wildman–Crippen MR) is 71.7 cm³/mol. The van der Waals surface area contributed by atoms with Gasteiger partial charge in [0.1, 0.15) is 6.54 Å². The Kier molecular flexibility index (Phi) is 6.84. The number of hydrogen-bond acceptors (Lipinski definition) is 4. The van der Waals surface area contributed by atoms with E-state index < -0.39 is 0 Å². The molecule has 1 amide bonds. The summed E-state index contributed by atoms with van der Waals surface area (Å²) < 4.78 is 10.4. The van der Waals surface area contributed by atoms with Gasteiger partial charge in [0.05, 0.1) is 12.7 Å². The van der Waals surface area contributed by atoms with Crippen LogP contribution in [0.1, 0.15) is 46.5 Å². The van der Waals surface area contributed by atoms with Crippen LogP contribution in [-0.2, 0) is 19.1 Å². The van der Waals surface area contributed by atoms with Crippen molar-refractivity contribution >= 4 is 11.9 Å². The van der Waals surface area contributed by atoms with Gasteiger partial charge in [-0.1, -0.05) is 0 Å². The van der Waals surface area contributed by atoms with Gasteiger partial charge in [-0.15, -0.1) is 0 Å². The molecule has 0 aromatic rings. The van der Waals surface area contributed by atoms with Gasteiger partial charge in [0.2, 0.25) is 5.91 Å². The number of ether oxygens (including phenoxy) is 2. The van der Waals surface area contributed by atoms with Gasteiger partial charge in [0, 0.05) is 19.1 Å². The third kappa shape index (κ3) is 5.59. The molecule has 1 fully saturated rings. The highest BCUT2D eigenvalue weighted by atomic mass is 16.5. The summed E-state index contributed by atoms with van der Waals surface area (Å²) in [5, 5.41) is 0. The van der Waals surface area contributed by atoms with Crippen molar-refractivity contribution in [1.82, 2.24) is 4.90 Å². The summed E-state index contributed by atoms with van der Waals surface area (Å²) in [5.41, 5.74) is 0. The van der Waals surface area contributed by atoms with E-state index in [1.54, 1.807) is 11.8 Å². The summed E-state index contributed by atoms with van der Waals surface area (Å²) in [4.78, 5) is 25.2. The van der Waals surface area contributed by atoms with E-state index in [0.717, 1.165) is 25.9 Å². The third-order valence-electron chi connectivity index (χ3n) is 3.25. The average Bonchev–Trinajstić information content (AvgIpc) is 2.86. The standard InChI is InChI=1S/C14H25NO4/c1-4-18-14(17)10-15(11(2)3)13(16)8-7-12-6-5-9-19-12/h11-12H,4-10H2,1-3H3. The number of esters is 1. The van der Waals surface area contributed by atoms with Crippen molar-refractivity contribution < 1.29 is 19.1 Å². The van der Waals surface area contributed by atoms with E-state index in [1.165, 1.54) is 0 Å². The molecular formula is C14H25NO4. The first kappa shape index (κ1) is 16.0. The molecule has 1 aliphatic rings. The molecule has 1 aliphatic heterocycles. The molecule has 0 bridgehead atoms. The smallest absolute Gasteiger partial charge is 0.325 e.